The van der Waals surface area contributed by atoms with Gasteiger partial charge in [-0.25, -0.2) is 13.2 Å². The second-order valence-electron chi connectivity index (χ2n) is 4.70. The number of esters is 1. The van der Waals surface area contributed by atoms with Gasteiger partial charge in [-0.3, -0.25) is 0 Å². The van der Waals surface area contributed by atoms with Gasteiger partial charge in [0.25, 0.3) is 0 Å². The zero-order valence-corrected chi connectivity index (χ0v) is 12.4. The van der Waals surface area contributed by atoms with Crippen LogP contribution in [0.15, 0.2) is 47.4 Å². The van der Waals surface area contributed by atoms with Gasteiger partial charge in [-0.1, -0.05) is 6.07 Å². The minimum Gasteiger partial charge on any atom is -0.454 e. The summed E-state index contributed by atoms with van der Waals surface area (Å²) in [5, 5.41) is 0. The average Bonchev–Trinajstić information content (AvgIpc) is 2.94. The van der Waals surface area contributed by atoms with Crippen molar-refractivity contribution >= 4 is 15.8 Å². The van der Waals surface area contributed by atoms with Gasteiger partial charge in [0, 0.05) is 12.3 Å². The van der Waals surface area contributed by atoms with Gasteiger partial charge in [0.1, 0.15) is 5.75 Å². The fraction of sp³-hybridized carbons (Fsp3) is 0.133. The molecule has 22 heavy (non-hydrogen) atoms. The smallest absolute Gasteiger partial charge is 0.343 e. The minimum absolute atomic E-state index is 0.0626. The Bertz CT molecular complexity index is 841. The quantitative estimate of drug-likeness (QED) is 0.636. The first kappa shape index (κ1) is 14.4. The Morgan fingerprint density at radius 1 is 1.09 bits per heavy atom. The first-order valence-corrected chi connectivity index (χ1v) is 8.24. The van der Waals surface area contributed by atoms with Crippen LogP contribution in [0, 0.1) is 0 Å². The maximum absolute atomic E-state index is 12.1. The number of benzene rings is 2. The molecule has 0 radical (unpaired) electrons. The van der Waals surface area contributed by atoms with E-state index in [-0.39, 0.29) is 17.3 Å². The molecule has 0 unspecified atom stereocenters. The molecule has 0 N–H and O–H groups in total. The normalized spacial score (nSPS) is 13.0. The Morgan fingerprint density at radius 3 is 2.64 bits per heavy atom. The maximum Gasteiger partial charge on any atom is 0.343 e. The number of hydrogen-bond donors (Lipinski definition) is 0. The van der Waals surface area contributed by atoms with E-state index < -0.39 is 15.8 Å². The lowest BCUT2D eigenvalue weighted by Gasteiger charge is -2.06. The van der Waals surface area contributed by atoms with Gasteiger partial charge in [-0.15, -0.1) is 0 Å². The summed E-state index contributed by atoms with van der Waals surface area (Å²) in [5.41, 5.74) is 0.153. The fourth-order valence-electron chi connectivity index (χ4n) is 1.96. The zero-order chi connectivity index (χ0) is 15.7. The van der Waals surface area contributed by atoms with Crippen molar-refractivity contribution in [3.8, 4) is 17.2 Å². The van der Waals surface area contributed by atoms with Crippen LogP contribution in [0.5, 0.6) is 17.2 Å². The molecule has 0 fully saturated rings. The van der Waals surface area contributed by atoms with E-state index in [4.69, 9.17) is 14.2 Å². The fourth-order valence-corrected chi connectivity index (χ4v) is 2.63. The van der Waals surface area contributed by atoms with Crippen LogP contribution in [-0.4, -0.2) is 27.4 Å². The number of rotatable bonds is 3. The molecule has 0 aromatic heterocycles. The third-order valence-electron chi connectivity index (χ3n) is 3.05. The molecule has 6 nitrogen and oxygen atoms in total. The second-order valence-corrected chi connectivity index (χ2v) is 6.72. The largest absolute Gasteiger partial charge is 0.454 e. The molecule has 2 aromatic rings. The lowest BCUT2D eigenvalue weighted by molar-refractivity contribution is 0.0734. The summed E-state index contributed by atoms with van der Waals surface area (Å²) in [4.78, 5) is 12.2. The second kappa shape index (κ2) is 5.34. The first-order chi connectivity index (χ1) is 10.4. The highest BCUT2D eigenvalue weighted by Gasteiger charge is 2.17. The molecule has 1 aliphatic rings. The molecule has 0 amide bonds. The van der Waals surface area contributed by atoms with E-state index in [1.165, 1.54) is 24.3 Å². The van der Waals surface area contributed by atoms with E-state index in [9.17, 15) is 13.2 Å². The molecule has 114 valence electrons. The molecule has 0 bridgehead atoms. The van der Waals surface area contributed by atoms with Crippen molar-refractivity contribution in [1.82, 2.24) is 0 Å². The molecule has 0 aliphatic carbocycles. The molecule has 1 heterocycles. The molecule has 7 heteroatoms. The van der Waals surface area contributed by atoms with Crippen LogP contribution in [0.4, 0.5) is 0 Å². The summed E-state index contributed by atoms with van der Waals surface area (Å²) in [5.74, 6) is 0.720. The molecule has 0 spiro atoms. The highest BCUT2D eigenvalue weighted by atomic mass is 32.2. The third kappa shape index (κ3) is 2.89. The van der Waals surface area contributed by atoms with Crippen molar-refractivity contribution in [2.24, 2.45) is 0 Å². The summed E-state index contributed by atoms with van der Waals surface area (Å²) in [6, 6.07) is 10.4. The Balaban J connectivity index is 1.83. The van der Waals surface area contributed by atoms with Crippen molar-refractivity contribution < 1.29 is 27.4 Å². The monoisotopic (exact) mass is 320 g/mol. The Morgan fingerprint density at radius 2 is 1.86 bits per heavy atom. The number of hydrogen-bond acceptors (Lipinski definition) is 6. The van der Waals surface area contributed by atoms with E-state index in [2.05, 4.69) is 0 Å². The van der Waals surface area contributed by atoms with Crippen molar-refractivity contribution in [2.75, 3.05) is 13.0 Å². The lowest BCUT2D eigenvalue weighted by atomic mass is 10.2. The number of carbonyl (C=O) groups excluding carboxylic acids is 1. The molecular weight excluding hydrogens is 308 g/mol. The maximum atomic E-state index is 12.1. The first-order valence-electron chi connectivity index (χ1n) is 6.35. The van der Waals surface area contributed by atoms with Gasteiger partial charge < -0.3 is 14.2 Å². The van der Waals surface area contributed by atoms with Crippen LogP contribution in [0.25, 0.3) is 0 Å². The topological polar surface area (TPSA) is 78.9 Å². The molecule has 0 saturated carbocycles. The summed E-state index contributed by atoms with van der Waals surface area (Å²) in [6.07, 6.45) is 1.08. The highest BCUT2D eigenvalue weighted by molar-refractivity contribution is 7.90. The minimum atomic E-state index is -3.38. The summed E-state index contributed by atoms with van der Waals surface area (Å²) in [6.45, 7) is 0.128. The van der Waals surface area contributed by atoms with Gasteiger partial charge in [-0.2, -0.15) is 0 Å². The molecule has 1 aliphatic heterocycles. The van der Waals surface area contributed by atoms with Crippen molar-refractivity contribution in [3.05, 3.63) is 48.0 Å². The van der Waals surface area contributed by atoms with Crippen LogP contribution in [0.1, 0.15) is 10.4 Å². The van der Waals surface area contributed by atoms with Gasteiger partial charge in [0.15, 0.2) is 21.3 Å². The third-order valence-corrected chi connectivity index (χ3v) is 4.16. The van der Waals surface area contributed by atoms with E-state index in [1.807, 2.05) is 0 Å². The van der Waals surface area contributed by atoms with Crippen molar-refractivity contribution in [2.45, 2.75) is 4.90 Å². The Labute approximate surface area is 127 Å². The summed E-state index contributed by atoms with van der Waals surface area (Å²) < 4.78 is 38.6. The Kier molecular flexibility index (Phi) is 3.50. The predicted molar refractivity (Wildman–Crippen MR) is 77.1 cm³/mol. The van der Waals surface area contributed by atoms with E-state index >= 15 is 0 Å². The van der Waals surface area contributed by atoms with Gasteiger partial charge in [-0.05, 0) is 30.3 Å². The van der Waals surface area contributed by atoms with Crippen LogP contribution < -0.4 is 14.2 Å². The molecular formula is C15H12O6S. The molecule has 0 atom stereocenters. The van der Waals surface area contributed by atoms with Crippen LogP contribution in [0.2, 0.25) is 0 Å². The SMILES string of the molecule is CS(=O)(=O)c1cccc(C(=O)Oc2ccc3c(c2)OCO3)c1. The van der Waals surface area contributed by atoms with Crippen LogP contribution in [-0.2, 0) is 9.84 Å². The van der Waals surface area contributed by atoms with Crippen molar-refractivity contribution in [3.63, 3.8) is 0 Å². The van der Waals surface area contributed by atoms with E-state index in [0.717, 1.165) is 6.26 Å². The van der Waals surface area contributed by atoms with Gasteiger partial charge in [0.05, 0.1) is 10.5 Å². The zero-order valence-electron chi connectivity index (χ0n) is 11.6. The number of sulfone groups is 1. The Hall–Kier alpha value is -2.54. The predicted octanol–water partition coefficient (Wildman–Crippen LogP) is 2.04. The van der Waals surface area contributed by atoms with Gasteiger partial charge in [0.2, 0.25) is 6.79 Å². The number of ether oxygens (including phenoxy) is 3. The standard InChI is InChI=1S/C15H12O6S/c1-22(17,18)12-4-2-3-10(7-12)15(16)21-11-5-6-13-14(8-11)20-9-19-13/h2-8H,9H2,1H3. The summed E-state index contributed by atoms with van der Waals surface area (Å²) >= 11 is 0. The lowest BCUT2D eigenvalue weighted by Crippen LogP contribution is -2.09. The van der Waals surface area contributed by atoms with E-state index in [1.54, 1.807) is 18.2 Å². The molecule has 3 rings (SSSR count). The van der Waals surface area contributed by atoms with E-state index in [0.29, 0.717) is 17.2 Å². The van der Waals surface area contributed by atoms with Crippen LogP contribution in [0.3, 0.4) is 0 Å². The summed E-state index contributed by atoms with van der Waals surface area (Å²) in [7, 11) is -3.38. The molecule has 0 saturated heterocycles. The number of carbonyl (C=O) groups is 1. The average molecular weight is 320 g/mol. The van der Waals surface area contributed by atoms with Gasteiger partial charge >= 0.3 is 5.97 Å². The number of fused-ring (bicyclic) bond motifs is 1. The highest BCUT2D eigenvalue weighted by Crippen LogP contribution is 2.35. The van der Waals surface area contributed by atoms with Crippen molar-refractivity contribution in [1.29, 1.82) is 0 Å². The van der Waals surface area contributed by atoms with Crippen LogP contribution >= 0.6 is 0 Å². The molecule has 2 aromatic carbocycles.